The van der Waals surface area contributed by atoms with Gasteiger partial charge in [-0.1, -0.05) is 0 Å². The van der Waals surface area contributed by atoms with E-state index in [0.717, 1.165) is 57.5 Å². The minimum absolute atomic E-state index is 0.296. The van der Waals surface area contributed by atoms with Crippen LogP contribution in [0.15, 0.2) is 60.9 Å². The van der Waals surface area contributed by atoms with Crippen molar-refractivity contribution in [3.63, 3.8) is 0 Å². The molecular formula is C27H29N7O4. The van der Waals surface area contributed by atoms with Crippen molar-refractivity contribution in [2.45, 2.75) is 19.9 Å². The molecular weight excluding hydrogens is 486 g/mol. The molecule has 5 rings (SSSR count). The zero-order chi connectivity index (χ0) is 26.5. The maximum atomic E-state index is 11.8. The highest BCUT2D eigenvalue weighted by molar-refractivity contribution is 5.91. The molecule has 0 aliphatic carbocycles. The van der Waals surface area contributed by atoms with Crippen LogP contribution in [0, 0.1) is 6.92 Å². The van der Waals surface area contributed by atoms with Crippen molar-refractivity contribution < 1.29 is 19.1 Å². The maximum Gasteiger partial charge on any atom is 0.341 e. The number of amides is 2. The average Bonchev–Trinajstić information content (AvgIpc) is 3.40. The lowest BCUT2D eigenvalue weighted by atomic mass is 10.1. The van der Waals surface area contributed by atoms with E-state index in [1.54, 1.807) is 6.20 Å². The van der Waals surface area contributed by atoms with Gasteiger partial charge in [-0.15, -0.1) is 0 Å². The third-order valence-corrected chi connectivity index (χ3v) is 6.13. The highest BCUT2D eigenvalue weighted by Crippen LogP contribution is 2.30. The number of aryl methyl sites for hydroxylation is 2. The number of hydrogen-bond donors (Lipinski definition) is 2. The second-order valence-electron chi connectivity index (χ2n) is 8.71. The number of benzene rings is 2. The van der Waals surface area contributed by atoms with Gasteiger partial charge in [0.1, 0.15) is 41.8 Å². The van der Waals surface area contributed by atoms with Crippen LogP contribution in [0.1, 0.15) is 17.8 Å². The number of urea groups is 1. The van der Waals surface area contributed by atoms with Crippen LogP contribution in [0.2, 0.25) is 0 Å². The van der Waals surface area contributed by atoms with Crippen molar-refractivity contribution in [3.05, 3.63) is 72.3 Å². The summed E-state index contributed by atoms with van der Waals surface area (Å²) in [5.41, 5.74) is 2.65. The Morgan fingerprint density at radius 1 is 1.16 bits per heavy atom. The summed E-state index contributed by atoms with van der Waals surface area (Å²) in [5, 5.41) is 8.02. The van der Waals surface area contributed by atoms with E-state index in [4.69, 9.17) is 14.3 Å². The van der Waals surface area contributed by atoms with Crippen LogP contribution in [0.5, 0.6) is 11.5 Å². The van der Waals surface area contributed by atoms with Crippen LogP contribution in [0.25, 0.3) is 17.0 Å². The first-order valence-electron chi connectivity index (χ1n) is 12.2. The Morgan fingerprint density at radius 2 is 2.05 bits per heavy atom. The zero-order valence-electron chi connectivity index (χ0n) is 21.5. The molecule has 0 radical (unpaired) electrons. The van der Waals surface area contributed by atoms with Crippen molar-refractivity contribution in [1.29, 1.82) is 0 Å². The standard InChI is InChI=1S/C27H29N7O4/c1-18-14-19(4-7-24(18)38-21-8-11-34-12-9-28-25(34)16-21)32-26-22-15-20(5-6-23(22)30-17-31-26)37-13-10-29-27(35)33(2)36-3/h4-7,9,12,14-17H,8,10-11,13H2,1-3H3,(H,29,35)(H,30,31,32). The van der Waals surface area contributed by atoms with Crippen LogP contribution >= 0.6 is 0 Å². The van der Waals surface area contributed by atoms with Crippen molar-refractivity contribution in [2.75, 3.05) is 32.6 Å². The summed E-state index contributed by atoms with van der Waals surface area (Å²) in [7, 11) is 2.95. The lowest BCUT2D eigenvalue weighted by molar-refractivity contribution is -0.0648. The lowest BCUT2D eigenvalue weighted by Gasteiger charge is -2.18. The van der Waals surface area contributed by atoms with Gasteiger partial charge in [0, 0.05) is 49.6 Å². The largest absolute Gasteiger partial charge is 0.492 e. The molecule has 2 amide bonds. The Hall–Kier alpha value is -4.64. The fraction of sp³-hybridized carbons (Fsp3) is 0.259. The number of nitrogens with one attached hydrogen (secondary N) is 2. The SMILES string of the molecule is CON(C)C(=O)NCCOc1ccc2ncnc(Nc3ccc(OC4=Cc5nccn5CC4)c(C)c3)c2c1. The molecule has 1 aliphatic rings. The normalized spacial score (nSPS) is 12.4. The number of nitrogens with zero attached hydrogens (tertiary/aromatic N) is 5. The third-order valence-electron chi connectivity index (χ3n) is 6.13. The Bertz CT molecular complexity index is 1480. The van der Waals surface area contributed by atoms with E-state index in [2.05, 4.69) is 30.2 Å². The molecule has 0 saturated carbocycles. The van der Waals surface area contributed by atoms with Crippen molar-refractivity contribution in [2.24, 2.45) is 0 Å². The number of hydrogen-bond acceptors (Lipinski definition) is 8. The van der Waals surface area contributed by atoms with Crippen molar-refractivity contribution >= 4 is 34.5 Å². The van der Waals surface area contributed by atoms with Crippen molar-refractivity contribution in [1.82, 2.24) is 29.9 Å². The second kappa shape index (κ2) is 11.2. The fourth-order valence-electron chi connectivity index (χ4n) is 4.04. The van der Waals surface area contributed by atoms with Gasteiger partial charge in [0.25, 0.3) is 0 Å². The summed E-state index contributed by atoms with van der Waals surface area (Å²) < 4.78 is 14.1. The van der Waals surface area contributed by atoms with Gasteiger partial charge >= 0.3 is 6.03 Å². The van der Waals surface area contributed by atoms with E-state index in [1.165, 1.54) is 20.5 Å². The predicted molar refractivity (Wildman–Crippen MR) is 143 cm³/mol. The number of ether oxygens (including phenoxy) is 2. The molecule has 2 N–H and O–H groups in total. The number of fused-ring (bicyclic) bond motifs is 2. The predicted octanol–water partition coefficient (Wildman–Crippen LogP) is 4.28. The smallest absolute Gasteiger partial charge is 0.341 e. The topological polar surface area (TPSA) is 116 Å². The highest BCUT2D eigenvalue weighted by atomic mass is 16.7. The summed E-state index contributed by atoms with van der Waals surface area (Å²) in [6, 6.07) is 11.2. The van der Waals surface area contributed by atoms with E-state index >= 15 is 0 Å². The minimum Gasteiger partial charge on any atom is -0.492 e. The van der Waals surface area contributed by atoms with E-state index in [-0.39, 0.29) is 6.03 Å². The van der Waals surface area contributed by atoms with Crippen molar-refractivity contribution in [3.8, 4) is 11.5 Å². The van der Waals surface area contributed by atoms with Gasteiger partial charge in [0.15, 0.2) is 0 Å². The fourth-order valence-corrected chi connectivity index (χ4v) is 4.04. The highest BCUT2D eigenvalue weighted by Gasteiger charge is 2.14. The summed E-state index contributed by atoms with van der Waals surface area (Å²) in [5.74, 6) is 3.90. The van der Waals surface area contributed by atoms with Gasteiger partial charge in [-0.25, -0.2) is 24.8 Å². The number of aromatic nitrogens is 4. The number of carbonyl (C=O) groups excluding carboxylic acids is 1. The first kappa shape index (κ1) is 25.0. The second-order valence-corrected chi connectivity index (χ2v) is 8.71. The minimum atomic E-state index is -0.344. The molecule has 0 bridgehead atoms. The van der Waals surface area contributed by atoms with Gasteiger partial charge in [-0.2, -0.15) is 0 Å². The molecule has 0 saturated heterocycles. The number of allylic oxidation sites excluding steroid dienone is 1. The summed E-state index contributed by atoms with van der Waals surface area (Å²) >= 11 is 0. The van der Waals surface area contributed by atoms with Crippen LogP contribution in [-0.2, 0) is 11.4 Å². The number of hydroxylamine groups is 2. The quantitative estimate of drug-likeness (QED) is 0.251. The van der Waals surface area contributed by atoms with E-state index in [1.807, 2.05) is 55.6 Å². The molecule has 11 heteroatoms. The summed E-state index contributed by atoms with van der Waals surface area (Å²) in [6.07, 6.45) is 8.10. The Labute approximate surface area is 220 Å². The number of imidazole rings is 1. The number of carbonyl (C=O) groups is 1. The molecule has 1 aliphatic heterocycles. The van der Waals surface area contributed by atoms with E-state index in [0.29, 0.717) is 24.7 Å². The molecule has 38 heavy (non-hydrogen) atoms. The average molecular weight is 516 g/mol. The number of anilines is 2. The zero-order valence-corrected chi connectivity index (χ0v) is 21.5. The Morgan fingerprint density at radius 3 is 2.89 bits per heavy atom. The van der Waals surface area contributed by atoms with Gasteiger partial charge < -0.3 is 24.7 Å². The molecule has 0 unspecified atom stereocenters. The molecule has 4 aromatic rings. The monoisotopic (exact) mass is 515 g/mol. The number of rotatable bonds is 9. The van der Waals surface area contributed by atoms with E-state index in [9.17, 15) is 4.79 Å². The van der Waals surface area contributed by atoms with Crippen LogP contribution in [0.3, 0.4) is 0 Å². The summed E-state index contributed by atoms with van der Waals surface area (Å²) in [4.78, 5) is 29.8. The Kier molecular flexibility index (Phi) is 7.36. The molecule has 0 fully saturated rings. The first-order chi connectivity index (χ1) is 18.5. The molecule has 0 spiro atoms. The molecule has 0 atom stereocenters. The van der Waals surface area contributed by atoms with Crippen LogP contribution < -0.4 is 20.1 Å². The lowest BCUT2D eigenvalue weighted by Crippen LogP contribution is -2.38. The molecule has 3 heterocycles. The molecule has 196 valence electrons. The van der Waals surface area contributed by atoms with Gasteiger partial charge in [0.2, 0.25) is 0 Å². The van der Waals surface area contributed by atoms with Crippen LogP contribution in [0.4, 0.5) is 16.3 Å². The molecule has 2 aromatic carbocycles. The first-order valence-corrected chi connectivity index (χ1v) is 12.2. The van der Waals surface area contributed by atoms with Gasteiger partial charge in [-0.05, 0) is 48.9 Å². The van der Waals surface area contributed by atoms with Gasteiger partial charge in [0.05, 0.1) is 19.2 Å². The summed E-state index contributed by atoms with van der Waals surface area (Å²) in [6.45, 7) is 3.49. The molecule has 11 nitrogen and oxygen atoms in total. The van der Waals surface area contributed by atoms with Gasteiger partial charge in [-0.3, -0.25) is 4.84 Å². The molecule has 2 aromatic heterocycles. The van der Waals surface area contributed by atoms with E-state index < -0.39 is 0 Å². The maximum absolute atomic E-state index is 11.8. The Balaban J connectivity index is 1.25. The third kappa shape index (κ3) is 5.68. The van der Waals surface area contributed by atoms with Crippen LogP contribution in [-0.4, -0.2) is 57.9 Å².